The summed E-state index contributed by atoms with van der Waals surface area (Å²) >= 11 is 0. The molecule has 0 aliphatic heterocycles. The highest BCUT2D eigenvalue weighted by Crippen LogP contribution is 2.12. The average molecular weight is 205 g/mol. The zero-order chi connectivity index (χ0) is 11.4. The molecule has 0 radical (unpaired) electrons. The lowest BCUT2D eigenvalue weighted by molar-refractivity contribution is 0.0951. The molecule has 82 valence electrons. The molecule has 0 heterocycles. The van der Waals surface area contributed by atoms with Crippen LogP contribution in [0.2, 0.25) is 0 Å². The van der Waals surface area contributed by atoms with Gasteiger partial charge in [-0.25, -0.2) is 0 Å². The lowest BCUT2D eigenvalue weighted by atomic mass is 9.99. The van der Waals surface area contributed by atoms with Crippen LogP contribution in [0.4, 0.5) is 0 Å². The lowest BCUT2D eigenvalue weighted by Gasteiger charge is -2.13. The Hall–Kier alpha value is -1.15. The summed E-state index contributed by atoms with van der Waals surface area (Å²) in [5.41, 5.74) is 3.08. The van der Waals surface area contributed by atoms with Crippen LogP contribution in [0.5, 0.6) is 0 Å². The van der Waals surface area contributed by atoms with E-state index in [0.717, 1.165) is 17.7 Å². The fraction of sp³-hybridized carbons (Fsp3) is 0.462. The highest BCUT2D eigenvalue weighted by Gasteiger charge is 2.15. The first-order chi connectivity index (χ1) is 7.06. The topological polar surface area (TPSA) is 29.1 Å². The van der Waals surface area contributed by atoms with Crippen LogP contribution in [0.15, 0.2) is 18.2 Å². The van der Waals surface area contributed by atoms with Gasteiger partial charge in [-0.3, -0.25) is 4.79 Å². The summed E-state index contributed by atoms with van der Waals surface area (Å²) in [6.45, 7) is 8.75. The van der Waals surface area contributed by atoms with Gasteiger partial charge in [0.2, 0.25) is 0 Å². The molecule has 1 rings (SSSR count). The van der Waals surface area contributed by atoms with Gasteiger partial charge >= 0.3 is 0 Å². The van der Waals surface area contributed by atoms with Gasteiger partial charge in [-0.05, 0) is 32.9 Å². The molecule has 15 heavy (non-hydrogen) atoms. The van der Waals surface area contributed by atoms with Crippen LogP contribution in [0.3, 0.4) is 0 Å². The summed E-state index contributed by atoms with van der Waals surface area (Å²) in [6, 6.07) is 5.85. The molecule has 0 amide bonds. The molecule has 1 atom stereocenters. The Bertz CT molecular complexity index is 358. The fourth-order valence-corrected chi connectivity index (χ4v) is 1.72. The number of aryl methyl sites for hydroxylation is 2. The molecular formula is C13H19NO. The van der Waals surface area contributed by atoms with Gasteiger partial charge < -0.3 is 5.32 Å². The number of hydrogen-bond donors (Lipinski definition) is 1. The van der Waals surface area contributed by atoms with Crippen molar-refractivity contribution in [3.05, 3.63) is 34.9 Å². The summed E-state index contributed by atoms with van der Waals surface area (Å²) < 4.78 is 0. The van der Waals surface area contributed by atoms with E-state index in [1.807, 2.05) is 45.9 Å². The van der Waals surface area contributed by atoms with Crippen LogP contribution < -0.4 is 5.32 Å². The molecule has 0 aromatic heterocycles. The average Bonchev–Trinajstić information content (AvgIpc) is 2.17. The van der Waals surface area contributed by atoms with Crippen molar-refractivity contribution < 1.29 is 4.79 Å². The summed E-state index contributed by atoms with van der Waals surface area (Å²) in [5.74, 6) is 0.175. The highest BCUT2D eigenvalue weighted by molar-refractivity contribution is 6.01. The van der Waals surface area contributed by atoms with Crippen LogP contribution in [-0.4, -0.2) is 18.4 Å². The number of carbonyl (C=O) groups excluding carboxylic acids is 1. The van der Waals surface area contributed by atoms with Crippen molar-refractivity contribution in [2.24, 2.45) is 0 Å². The molecule has 1 N–H and O–H groups in total. The molecule has 1 aromatic carbocycles. The lowest BCUT2D eigenvalue weighted by Crippen LogP contribution is -2.34. The minimum atomic E-state index is -0.101. The third-order valence-corrected chi connectivity index (χ3v) is 2.55. The van der Waals surface area contributed by atoms with Gasteiger partial charge in [0.05, 0.1) is 6.04 Å². The first-order valence-electron chi connectivity index (χ1n) is 5.41. The van der Waals surface area contributed by atoms with Gasteiger partial charge in [-0.1, -0.05) is 30.7 Å². The SMILES string of the molecule is CCNC(C)C(=O)c1ccc(C)cc1C. The van der Waals surface area contributed by atoms with Crippen molar-refractivity contribution >= 4 is 5.78 Å². The first kappa shape index (κ1) is 11.9. The number of rotatable bonds is 4. The molecule has 0 aliphatic rings. The number of hydrogen-bond acceptors (Lipinski definition) is 2. The number of likely N-dealkylation sites (N-methyl/N-ethyl adjacent to an activating group) is 1. The Morgan fingerprint density at radius 3 is 2.60 bits per heavy atom. The van der Waals surface area contributed by atoms with E-state index in [4.69, 9.17) is 0 Å². The predicted molar refractivity (Wildman–Crippen MR) is 63.4 cm³/mol. The van der Waals surface area contributed by atoms with Crippen molar-refractivity contribution in [3.8, 4) is 0 Å². The van der Waals surface area contributed by atoms with Crippen LogP contribution in [0.1, 0.15) is 35.3 Å². The van der Waals surface area contributed by atoms with Gasteiger partial charge in [-0.2, -0.15) is 0 Å². The predicted octanol–water partition coefficient (Wildman–Crippen LogP) is 2.48. The van der Waals surface area contributed by atoms with Crippen molar-refractivity contribution in [1.29, 1.82) is 0 Å². The summed E-state index contributed by atoms with van der Waals surface area (Å²) in [4.78, 5) is 12.0. The second-order valence-corrected chi connectivity index (χ2v) is 3.96. The fourth-order valence-electron chi connectivity index (χ4n) is 1.72. The van der Waals surface area contributed by atoms with Crippen molar-refractivity contribution in [2.75, 3.05) is 6.54 Å². The Morgan fingerprint density at radius 1 is 1.40 bits per heavy atom. The van der Waals surface area contributed by atoms with E-state index < -0.39 is 0 Å². The number of ketones is 1. The maximum Gasteiger partial charge on any atom is 0.179 e. The maximum atomic E-state index is 12.0. The van der Waals surface area contributed by atoms with E-state index in [1.54, 1.807) is 0 Å². The highest BCUT2D eigenvalue weighted by atomic mass is 16.1. The van der Waals surface area contributed by atoms with Crippen LogP contribution >= 0.6 is 0 Å². The Kier molecular flexibility index (Phi) is 4.04. The largest absolute Gasteiger partial charge is 0.308 e. The molecule has 1 unspecified atom stereocenters. The minimum Gasteiger partial charge on any atom is -0.308 e. The van der Waals surface area contributed by atoms with E-state index >= 15 is 0 Å². The first-order valence-corrected chi connectivity index (χ1v) is 5.41. The molecule has 0 aliphatic carbocycles. The van der Waals surface area contributed by atoms with Crippen LogP contribution in [0, 0.1) is 13.8 Å². The van der Waals surface area contributed by atoms with Crippen molar-refractivity contribution in [2.45, 2.75) is 33.7 Å². The molecule has 0 saturated heterocycles. The van der Waals surface area contributed by atoms with Gasteiger partial charge in [0.15, 0.2) is 5.78 Å². The van der Waals surface area contributed by atoms with Gasteiger partial charge in [0.25, 0.3) is 0 Å². The quantitative estimate of drug-likeness (QED) is 0.765. The molecule has 0 bridgehead atoms. The zero-order valence-electron chi connectivity index (χ0n) is 9.92. The molecular weight excluding hydrogens is 186 g/mol. The minimum absolute atomic E-state index is 0.101. The standard InChI is InChI=1S/C13H19NO/c1-5-14-11(4)13(15)12-7-6-9(2)8-10(12)3/h6-8,11,14H,5H2,1-4H3. The van der Waals surface area contributed by atoms with E-state index in [0.29, 0.717) is 0 Å². The Morgan fingerprint density at radius 2 is 2.07 bits per heavy atom. The van der Waals surface area contributed by atoms with Crippen molar-refractivity contribution in [3.63, 3.8) is 0 Å². The third kappa shape index (κ3) is 2.90. The van der Waals surface area contributed by atoms with E-state index in [1.165, 1.54) is 5.56 Å². The van der Waals surface area contributed by atoms with E-state index in [-0.39, 0.29) is 11.8 Å². The normalized spacial score (nSPS) is 12.5. The summed E-state index contributed by atoms with van der Waals surface area (Å²) in [6.07, 6.45) is 0. The van der Waals surface area contributed by atoms with Crippen molar-refractivity contribution in [1.82, 2.24) is 5.32 Å². The molecule has 2 heteroatoms. The second kappa shape index (κ2) is 5.08. The Labute approximate surface area is 91.7 Å². The van der Waals surface area contributed by atoms with Crippen LogP contribution in [0.25, 0.3) is 0 Å². The summed E-state index contributed by atoms with van der Waals surface area (Å²) in [7, 11) is 0. The molecule has 0 saturated carbocycles. The number of carbonyl (C=O) groups is 1. The summed E-state index contributed by atoms with van der Waals surface area (Å²) in [5, 5.41) is 3.14. The number of nitrogens with one attached hydrogen (secondary N) is 1. The zero-order valence-corrected chi connectivity index (χ0v) is 9.92. The van der Waals surface area contributed by atoms with Gasteiger partial charge in [-0.15, -0.1) is 0 Å². The van der Waals surface area contributed by atoms with Gasteiger partial charge in [0, 0.05) is 5.56 Å². The number of benzene rings is 1. The van der Waals surface area contributed by atoms with E-state index in [2.05, 4.69) is 5.32 Å². The smallest absolute Gasteiger partial charge is 0.179 e. The maximum absolute atomic E-state index is 12.0. The number of Topliss-reactive ketones (excluding diaryl/α,β-unsaturated/α-hetero) is 1. The Balaban J connectivity index is 2.91. The van der Waals surface area contributed by atoms with Crippen LogP contribution in [-0.2, 0) is 0 Å². The molecule has 0 spiro atoms. The molecule has 2 nitrogen and oxygen atoms in total. The molecule has 0 fully saturated rings. The monoisotopic (exact) mass is 205 g/mol. The third-order valence-electron chi connectivity index (χ3n) is 2.55. The second-order valence-electron chi connectivity index (χ2n) is 3.96. The van der Waals surface area contributed by atoms with E-state index in [9.17, 15) is 4.79 Å². The van der Waals surface area contributed by atoms with Gasteiger partial charge in [0.1, 0.15) is 0 Å². The molecule has 1 aromatic rings.